The topological polar surface area (TPSA) is 32.3 Å². The highest BCUT2D eigenvalue weighted by Gasteiger charge is 2.30. The SMILES string of the molecule is CN(C(=O)CCC(F)(F)F)C1CCNC1.Cl. The van der Waals surface area contributed by atoms with Crippen molar-refractivity contribution in [2.24, 2.45) is 0 Å². The minimum absolute atomic E-state index is 0. The number of nitrogens with one attached hydrogen (secondary N) is 1. The van der Waals surface area contributed by atoms with Crippen LogP contribution in [0.2, 0.25) is 0 Å². The first-order valence-corrected chi connectivity index (χ1v) is 4.93. The molecule has 1 unspecified atom stereocenters. The third-order valence-electron chi connectivity index (χ3n) is 2.60. The van der Waals surface area contributed by atoms with Crippen molar-refractivity contribution in [1.82, 2.24) is 10.2 Å². The Bertz CT molecular complexity index is 229. The summed E-state index contributed by atoms with van der Waals surface area (Å²) in [6.07, 6.45) is -4.91. The van der Waals surface area contributed by atoms with Crippen LogP contribution in [-0.4, -0.2) is 43.2 Å². The van der Waals surface area contributed by atoms with Crippen LogP contribution < -0.4 is 5.32 Å². The van der Waals surface area contributed by atoms with E-state index in [0.29, 0.717) is 6.54 Å². The highest BCUT2D eigenvalue weighted by Crippen LogP contribution is 2.22. The van der Waals surface area contributed by atoms with E-state index in [1.165, 1.54) is 4.90 Å². The first kappa shape index (κ1) is 15.5. The van der Waals surface area contributed by atoms with E-state index in [0.717, 1.165) is 13.0 Å². The number of alkyl halides is 3. The standard InChI is InChI=1S/C9H15F3N2O.ClH/c1-14(7-3-5-13-6-7)8(15)2-4-9(10,11)12;/h7,13H,2-6H2,1H3;1H. The lowest BCUT2D eigenvalue weighted by Crippen LogP contribution is -2.38. The number of carbonyl (C=O) groups excluding carboxylic acids is 1. The molecule has 1 aliphatic heterocycles. The van der Waals surface area contributed by atoms with E-state index in [-0.39, 0.29) is 18.4 Å². The lowest BCUT2D eigenvalue weighted by Gasteiger charge is -2.23. The second-order valence-corrected chi connectivity index (χ2v) is 3.77. The highest BCUT2D eigenvalue weighted by molar-refractivity contribution is 5.85. The molecule has 7 heteroatoms. The fraction of sp³-hybridized carbons (Fsp3) is 0.889. The third-order valence-corrected chi connectivity index (χ3v) is 2.60. The molecule has 1 saturated heterocycles. The zero-order valence-corrected chi connectivity index (χ0v) is 9.83. The van der Waals surface area contributed by atoms with Crippen molar-refractivity contribution in [3.8, 4) is 0 Å². The number of hydrogen-bond donors (Lipinski definition) is 1. The van der Waals surface area contributed by atoms with Crippen LogP contribution in [0.1, 0.15) is 19.3 Å². The van der Waals surface area contributed by atoms with Gasteiger partial charge in [-0.05, 0) is 13.0 Å². The number of amides is 1. The van der Waals surface area contributed by atoms with Crippen LogP contribution >= 0.6 is 12.4 Å². The normalized spacial score (nSPS) is 20.4. The maximum atomic E-state index is 11.9. The van der Waals surface area contributed by atoms with Crippen molar-refractivity contribution < 1.29 is 18.0 Å². The van der Waals surface area contributed by atoms with Crippen LogP contribution in [0.25, 0.3) is 0 Å². The Labute approximate surface area is 98.8 Å². The van der Waals surface area contributed by atoms with E-state index in [1.807, 2.05) is 0 Å². The second-order valence-electron chi connectivity index (χ2n) is 3.77. The van der Waals surface area contributed by atoms with Gasteiger partial charge in [0.15, 0.2) is 0 Å². The van der Waals surface area contributed by atoms with Gasteiger partial charge in [0.25, 0.3) is 0 Å². The fourth-order valence-electron chi connectivity index (χ4n) is 1.60. The number of carbonyl (C=O) groups is 1. The molecule has 1 fully saturated rings. The summed E-state index contributed by atoms with van der Waals surface area (Å²) in [6, 6.07) is 0.0470. The van der Waals surface area contributed by atoms with Gasteiger partial charge in [-0.1, -0.05) is 0 Å². The average Bonchev–Trinajstić information content (AvgIpc) is 2.64. The quantitative estimate of drug-likeness (QED) is 0.836. The largest absolute Gasteiger partial charge is 0.389 e. The van der Waals surface area contributed by atoms with Gasteiger partial charge >= 0.3 is 6.18 Å². The molecule has 0 aromatic carbocycles. The molecular weight excluding hydrogens is 245 g/mol. The molecule has 1 heterocycles. The van der Waals surface area contributed by atoms with E-state index in [1.54, 1.807) is 7.05 Å². The van der Waals surface area contributed by atoms with E-state index in [2.05, 4.69) is 5.32 Å². The summed E-state index contributed by atoms with van der Waals surface area (Å²) >= 11 is 0. The Morgan fingerprint density at radius 1 is 1.50 bits per heavy atom. The molecule has 16 heavy (non-hydrogen) atoms. The van der Waals surface area contributed by atoms with Gasteiger partial charge in [0.2, 0.25) is 5.91 Å². The number of nitrogens with zero attached hydrogens (tertiary/aromatic N) is 1. The fourth-order valence-corrected chi connectivity index (χ4v) is 1.60. The monoisotopic (exact) mass is 260 g/mol. The predicted octanol–water partition coefficient (Wildman–Crippen LogP) is 1.57. The molecule has 1 aliphatic rings. The molecular formula is C9H16ClF3N2O. The van der Waals surface area contributed by atoms with Gasteiger partial charge in [-0.3, -0.25) is 4.79 Å². The molecule has 0 saturated carbocycles. The lowest BCUT2D eigenvalue weighted by atomic mass is 10.2. The van der Waals surface area contributed by atoms with Crippen molar-refractivity contribution in [3.05, 3.63) is 0 Å². The Morgan fingerprint density at radius 3 is 2.56 bits per heavy atom. The van der Waals surface area contributed by atoms with Gasteiger partial charge in [-0.15, -0.1) is 12.4 Å². The minimum atomic E-state index is -4.25. The number of likely N-dealkylation sites (N-methyl/N-ethyl adjacent to an activating group) is 1. The van der Waals surface area contributed by atoms with Crippen molar-refractivity contribution in [1.29, 1.82) is 0 Å². The van der Waals surface area contributed by atoms with Crippen LogP contribution in [0.4, 0.5) is 13.2 Å². The van der Waals surface area contributed by atoms with Crippen molar-refractivity contribution in [3.63, 3.8) is 0 Å². The molecule has 1 atom stereocenters. The van der Waals surface area contributed by atoms with Crippen molar-refractivity contribution in [2.45, 2.75) is 31.5 Å². The van der Waals surface area contributed by atoms with E-state index in [4.69, 9.17) is 0 Å². The Balaban J connectivity index is 0.00000225. The van der Waals surface area contributed by atoms with E-state index < -0.39 is 24.9 Å². The molecule has 0 radical (unpaired) electrons. The Morgan fingerprint density at radius 2 is 2.12 bits per heavy atom. The van der Waals surface area contributed by atoms with Gasteiger partial charge in [-0.25, -0.2) is 0 Å². The predicted molar refractivity (Wildman–Crippen MR) is 56.6 cm³/mol. The van der Waals surface area contributed by atoms with Crippen LogP contribution in [0.15, 0.2) is 0 Å². The first-order valence-electron chi connectivity index (χ1n) is 4.93. The summed E-state index contributed by atoms with van der Waals surface area (Å²) in [4.78, 5) is 12.8. The Hall–Kier alpha value is -0.490. The number of halogens is 4. The van der Waals surface area contributed by atoms with E-state index in [9.17, 15) is 18.0 Å². The van der Waals surface area contributed by atoms with Crippen molar-refractivity contribution >= 4 is 18.3 Å². The molecule has 3 nitrogen and oxygen atoms in total. The van der Waals surface area contributed by atoms with Crippen LogP contribution in [0.3, 0.4) is 0 Å². The minimum Gasteiger partial charge on any atom is -0.341 e. The maximum absolute atomic E-state index is 11.9. The second kappa shape index (κ2) is 6.30. The summed E-state index contributed by atoms with van der Waals surface area (Å²) in [5, 5.41) is 3.06. The smallest absolute Gasteiger partial charge is 0.341 e. The van der Waals surface area contributed by atoms with Gasteiger partial charge in [0.05, 0.1) is 6.42 Å². The lowest BCUT2D eigenvalue weighted by molar-refractivity contribution is -0.149. The first-order chi connectivity index (χ1) is 6.90. The molecule has 0 aromatic rings. The van der Waals surface area contributed by atoms with Gasteiger partial charge in [0, 0.05) is 26.1 Å². The van der Waals surface area contributed by atoms with Crippen LogP contribution in [-0.2, 0) is 4.79 Å². The Kier molecular flexibility index (Phi) is 6.10. The molecule has 1 N–H and O–H groups in total. The molecule has 0 aromatic heterocycles. The van der Waals surface area contributed by atoms with Crippen LogP contribution in [0, 0.1) is 0 Å². The number of hydrogen-bond acceptors (Lipinski definition) is 2. The number of rotatable bonds is 3. The summed E-state index contributed by atoms with van der Waals surface area (Å²) in [6.45, 7) is 1.50. The average molecular weight is 261 g/mol. The third kappa shape index (κ3) is 5.03. The summed E-state index contributed by atoms with van der Waals surface area (Å²) < 4.78 is 35.6. The zero-order valence-electron chi connectivity index (χ0n) is 9.01. The summed E-state index contributed by atoms with van der Waals surface area (Å²) in [5.41, 5.74) is 0. The molecule has 0 aliphatic carbocycles. The molecule has 1 amide bonds. The maximum Gasteiger partial charge on any atom is 0.389 e. The summed E-state index contributed by atoms with van der Waals surface area (Å²) in [5.74, 6) is -0.430. The van der Waals surface area contributed by atoms with Crippen LogP contribution in [0.5, 0.6) is 0 Å². The molecule has 1 rings (SSSR count). The van der Waals surface area contributed by atoms with Crippen molar-refractivity contribution in [2.75, 3.05) is 20.1 Å². The zero-order chi connectivity index (χ0) is 11.5. The van der Waals surface area contributed by atoms with Gasteiger partial charge in [0.1, 0.15) is 0 Å². The molecule has 0 spiro atoms. The summed E-state index contributed by atoms with van der Waals surface area (Å²) in [7, 11) is 1.57. The van der Waals surface area contributed by atoms with E-state index >= 15 is 0 Å². The van der Waals surface area contributed by atoms with Gasteiger partial charge in [-0.2, -0.15) is 13.2 Å². The molecule has 0 bridgehead atoms. The van der Waals surface area contributed by atoms with Gasteiger partial charge < -0.3 is 10.2 Å². The highest BCUT2D eigenvalue weighted by atomic mass is 35.5. The molecule has 96 valence electrons.